The molecule has 0 aliphatic carbocycles. The van der Waals surface area contributed by atoms with Gasteiger partial charge in [0.05, 0.1) is 9.82 Å². The van der Waals surface area contributed by atoms with Gasteiger partial charge >= 0.3 is 0 Å². The largest absolute Gasteiger partial charge is 0.317 e. The number of nitro groups is 1. The van der Waals surface area contributed by atoms with Crippen LogP contribution in [0.25, 0.3) is 0 Å². The third-order valence-corrected chi connectivity index (χ3v) is 7.04. The standard InChI is InChI=1S/C16H23N3O4S/c20-19(21)15-3-5-16(6-4-15)24(22,23)18-11-1-2-14(12-18)13-7-9-17-10-8-13/h3-6,13-14,17H,1-2,7-12H2. The SMILES string of the molecule is O=[N+]([O-])c1ccc(S(=O)(=O)N2CCCC(C3CCNCC3)C2)cc1. The fourth-order valence-corrected chi connectivity index (χ4v) is 5.32. The van der Waals surface area contributed by atoms with Crippen LogP contribution in [0.15, 0.2) is 29.2 Å². The van der Waals surface area contributed by atoms with Gasteiger partial charge in [-0.05, 0) is 62.7 Å². The maximum absolute atomic E-state index is 12.8. The molecule has 0 saturated carbocycles. The smallest absolute Gasteiger partial charge is 0.269 e. The number of piperidine rings is 2. The Hall–Kier alpha value is -1.51. The third-order valence-electron chi connectivity index (χ3n) is 5.16. The molecule has 0 spiro atoms. The van der Waals surface area contributed by atoms with Crippen LogP contribution < -0.4 is 5.32 Å². The molecule has 0 amide bonds. The van der Waals surface area contributed by atoms with Crippen molar-refractivity contribution in [1.29, 1.82) is 0 Å². The summed E-state index contributed by atoms with van der Waals surface area (Å²) in [5.74, 6) is 0.995. The maximum atomic E-state index is 12.8. The second-order valence-corrected chi connectivity index (χ2v) is 8.54. The first kappa shape index (κ1) is 17.3. The lowest BCUT2D eigenvalue weighted by Gasteiger charge is -2.38. The Morgan fingerprint density at radius 1 is 1.08 bits per heavy atom. The molecule has 2 saturated heterocycles. The van der Waals surface area contributed by atoms with Crippen LogP contribution in [0.1, 0.15) is 25.7 Å². The van der Waals surface area contributed by atoms with E-state index >= 15 is 0 Å². The Labute approximate surface area is 142 Å². The van der Waals surface area contributed by atoms with E-state index in [-0.39, 0.29) is 10.6 Å². The summed E-state index contributed by atoms with van der Waals surface area (Å²) in [5, 5.41) is 14.1. The molecule has 7 nitrogen and oxygen atoms in total. The Kier molecular flexibility index (Phi) is 5.17. The van der Waals surface area contributed by atoms with E-state index in [0.717, 1.165) is 38.8 Å². The van der Waals surface area contributed by atoms with E-state index in [1.807, 2.05) is 0 Å². The Morgan fingerprint density at radius 3 is 2.38 bits per heavy atom. The molecular formula is C16H23N3O4S. The zero-order valence-corrected chi connectivity index (χ0v) is 14.4. The van der Waals surface area contributed by atoms with Crippen molar-refractivity contribution >= 4 is 15.7 Å². The molecule has 0 aromatic heterocycles. The number of benzene rings is 1. The van der Waals surface area contributed by atoms with E-state index in [1.165, 1.54) is 24.3 Å². The van der Waals surface area contributed by atoms with E-state index in [2.05, 4.69) is 5.32 Å². The highest BCUT2D eigenvalue weighted by atomic mass is 32.2. The summed E-state index contributed by atoms with van der Waals surface area (Å²) >= 11 is 0. The van der Waals surface area contributed by atoms with E-state index < -0.39 is 14.9 Å². The first-order valence-corrected chi connectivity index (χ1v) is 9.88. The molecule has 24 heavy (non-hydrogen) atoms. The van der Waals surface area contributed by atoms with Gasteiger partial charge in [0.2, 0.25) is 10.0 Å². The summed E-state index contributed by atoms with van der Waals surface area (Å²) in [7, 11) is -3.58. The van der Waals surface area contributed by atoms with Crippen molar-refractivity contribution in [2.75, 3.05) is 26.2 Å². The molecule has 1 aromatic carbocycles. The van der Waals surface area contributed by atoms with Crippen LogP contribution in [0.2, 0.25) is 0 Å². The van der Waals surface area contributed by atoms with Crippen LogP contribution in [-0.4, -0.2) is 43.8 Å². The quantitative estimate of drug-likeness (QED) is 0.660. The Balaban J connectivity index is 1.74. The molecule has 2 aliphatic heterocycles. The number of nitrogens with one attached hydrogen (secondary N) is 1. The highest BCUT2D eigenvalue weighted by Crippen LogP contribution is 2.32. The van der Waals surface area contributed by atoms with Gasteiger partial charge in [-0.15, -0.1) is 0 Å². The van der Waals surface area contributed by atoms with Crippen molar-refractivity contribution in [2.24, 2.45) is 11.8 Å². The molecule has 8 heteroatoms. The molecular weight excluding hydrogens is 330 g/mol. The number of rotatable bonds is 4. The minimum absolute atomic E-state index is 0.0971. The van der Waals surface area contributed by atoms with Gasteiger partial charge in [0.1, 0.15) is 0 Å². The number of nitro benzene ring substituents is 1. The molecule has 2 fully saturated rings. The fraction of sp³-hybridized carbons (Fsp3) is 0.625. The Morgan fingerprint density at radius 2 is 1.75 bits per heavy atom. The summed E-state index contributed by atoms with van der Waals surface area (Å²) in [6.07, 6.45) is 4.17. The van der Waals surface area contributed by atoms with Crippen LogP contribution in [0.4, 0.5) is 5.69 Å². The summed E-state index contributed by atoms with van der Waals surface area (Å²) in [5.41, 5.74) is -0.0971. The van der Waals surface area contributed by atoms with Gasteiger partial charge in [0.25, 0.3) is 5.69 Å². The predicted molar refractivity (Wildman–Crippen MR) is 90.2 cm³/mol. The maximum Gasteiger partial charge on any atom is 0.269 e. The van der Waals surface area contributed by atoms with Crippen LogP contribution in [-0.2, 0) is 10.0 Å². The zero-order chi connectivity index (χ0) is 17.2. The fourth-order valence-electron chi connectivity index (χ4n) is 3.78. The number of nitrogens with zero attached hydrogens (tertiary/aromatic N) is 2. The molecule has 2 aliphatic rings. The minimum atomic E-state index is -3.58. The number of sulfonamides is 1. The van der Waals surface area contributed by atoms with Gasteiger partial charge in [-0.1, -0.05) is 0 Å². The van der Waals surface area contributed by atoms with Gasteiger partial charge in [0, 0.05) is 25.2 Å². The van der Waals surface area contributed by atoms with Crippen molar-refractivity contribution in [3.63, 3.8) is 0 Å². The summed E-state index contributed by atoms with van der Waals surface area (Å²) in [6.45, 7) is 3.11. The van der Waals surface area contributed by atoms with Crippen molar-refractivity contribution in [3.05, 3.63) is 34.4 Å². The lowest BCUT2D eigenvalue weighted by atomic mass is 9.81. The topological polar surface area (TPSA) is 92.5 Å². The molecule has 1 N–H and O–H groups in total. The highest BCUT2D eigenvalue weighted by molar-refractivity contribution is 7.89. The lowest BCUT2D eigenvalue weighted by molar-refractivity contribution is -0.384. The predicted octanol–water partition coefficient (Wildman–Crippen LogP) is 2.00. The van der Waals surface area contributed by atoms with Gasteiger partial charge in [-0.25, -0.2) is 8.42 Å². The average molecular weight is 353 g/mol. The summed E-state index contributed by atoms with van der Waals surface area (Å²) in [6, 6.07) is 5.17. The van der Waals surface area contributed by atoms with E-state index in [0.29, 0.717) is 24.9 Å². The molecule has 0 radical (unpaired) electrons. The molecule has 1 aromatic rings. The third kappa shape index (κ3) is 3.60. The van der Waals surface area contributed by atoms with Gasteiger partial charge in [-0.2, -0.15) is 4.31 Å². The molecule has 1 atom stereocenters. The number of hydrogen-bond donors (Lipinski definition) is 1. The van der Waals surface area contributed by atoms with Gasteiger partial charge in [-0.3, -0.25) is 10.1 Å². The first-order chi connectivity index (χ1) is 11.5. The lowest BCUT2D eigenvalue weighted by Crippen LogP contribution is -2.44. The van der Waals surface area contributed by atoms with Crippen LogP contribution in [0, 0.1) is 22.0 Å². The second kappa shape index (κ2) is 7.16. The normalized spacial score (nSPS) is 23.9. The van der Waals surface area contributed by atoms with Crippen molar-refractivity contribution in [2.45, 2.75) is 30.6 Å². The molecule has 132 valence electrons. The minimum Gasteiger partial charge on any atom is -0.317 e. The van der Waals surface area contributed by atoms with Crippen LogP contribution in [0.5, 0.6) is 0 Å². The molecule has 1 unspecified atom stereocenters. The highest BCUT2D eigenvalue weighted by Gasteiger charge is 2.34. The van der Waals surface area contributed by atoms with Gasteiger partial charge < -0.3 is 5.32 Å². The van der Waals surface area contributed by atoms with Crippen LogP contribution in [0.3, 0.4) is 0 Å². The first-order valence-electron chi connectivity index (χ1n) is 8.44. The number of hydrogen-bond acceptors (Lipinski definition) is 5. The van der Waals surface area contributed by atoms with E-state index in [1.54, 1.807) is 4.31 Å². The monoisotopic (exact) mass is 353 g/mol. The summed E-state index contributed by atoms with van der Waals surface area (Å²) < 4.78 is 27.2. The zero-order valence-electron chi connectivity index (χ0n) is 13.6. The molecule has 3 rings (SSSR count). The number of non-ortho nitro benzene ring substituents is 1. The summed E-state index contributed by atoms with van der Waals surface area (Å²) in [4.78, 5) is 10.3. The van der Waals surface area contributed by atoms with Crippen molar-refractivity contribution in [3.8, 4) is 0 Å². The van der Waals surface area contributed by atoms with Gasteiger partial charge in [0.15, 0.2) is 0 Å². The van der Waals surface area contributed by atoms with Crippen molar-refractivity contribution < 1.29 is 13.3 Å². The second-order valence-electron chi connectivity index (χ2n) is 6.60. The molecule has 2 heterocycles. The van der Waals surface area contributed by atoms with Crippen LogP contribution >= 0.6 is 0 Å². The van der Waals surface area contributed by atoms with E-state index in [4.69, 9.17) is 0 Å². The Bertz CT molecular complexity index is 684. The van der Waals surface area contributed by atoms with E-state index in [9.17, 15) is 18.5 Å². The molecule has 0 bridgehead atoms. The average Bonchev–Trinajstić information content (AvgIpc) is 2.62. The van der Waals surface area contributed by atoms with Crippen molar-refractivity contribution in [1.82, 2.24) is 9.62 Å².